The Morgan fingerprint density at radius 3 is 1.00 bits per heavy atom. The molecule has 4 nitrogen and oxygen atoms in total. The summed E-state index contributed by atoms with van der Waals surface area (Å²) < 4.78 is 0. The van der Waals surface area contributed by atoms with E-state index in [1.54, 1.807) is 0 Å². The molecule has 0 aromatic carbocycles. The van der Waals surface area contributed by atoms with Crippen molar-refractivity contribution in [3.8, 4) is 0 Å². The molecule has 0 aliphatic carbocycles. The van der Waals surface area contributed by atoms with Crippen LogP contribution in [-0.4, -0.2) is 30.8 Å². The largest absolute Gasteiger partial charge is 2.00 e. The third kappa shape index (κ3) is 124000. The molecule has 0 unspecified atom stereocenters. The summed E-state index contributed by atoms with van der Waals surface area (Å²) in [6.45, 7) is 1.94. The topological polar surface area (TPSA) is 80.3 Å². The van der Waals surface area contributed by atoms with Crippen molar-refractivity contribution >= 4 is 30.8 Å². The van der Waals surface area contributed by atoms with E-state index < -0.39 is 11.9 Å². The Balaban J connectivity index is -0.0000000300. The van der Waals surface area contributed by atoms with Gasteiger partial charge in [-0.05, 0) is 13.8 Å². The zero-order valence-electron chi connectivity index (χ0n) is 5.01. The molecule has 10 heavy (non-hydrogen) atoms. The number of carbonyl (C=O) groups is 2. The standard InChI is InChI=1S/2C2H4O2.Li.Mn.H/c2*1-2(3)4;;;/h2*1H3,(H,3,4);;;/q;;;+2;/p-2. The Hall–Kier alpha value is 0.0569. The van der Waals surface area contributed by atoms with Crippen LogP contribution in [0, 0.1) is 0 Å². The Labute approximate surface area is 81.6 Å². The van der Waals surface area contributed by atoms with Gasteiger partial charge in [0.25, 0.3) is 0 Å². The quantitative estimate of drug-likeness (QED) is 0.370. The van der Waals surface area contributed by atoms with E-state index in [4.69, 9.17) is 19.8 Å². The van der Waals surface area contributed by atoms with Gasteiger partial charge >= 0.3 is 35.9 Å². The summed E-state index contributed by atoms with van der Waals surface area (Å²) in [5, 5.41) is 17.8. The van der Waals surface area contributed by atoms with E-state index in [-0.39, 0.29) is 35.9 Å². The van der Waals surface area contributed by atoms with E-state index in [0.29, 0.717) is 0 Å². The fourth-order valence-electron chi connectivity index (χ4n) is 0. The van der Waals surface area contributed by atoms with Crippen LogP contribution in [0.4, 0.5) is 0 Å². The molecule has 0 aromatic heterocycles. The molecule has 0 spiro atoms. The predicted octanol–water partition coefficient (Wildman–Crippen LogP) is -3.14. The van der Waals surface area contributed by atoms with E-state index in [1.165, 1.54) is 0 Å². The molecule has 0 amide bonds. The molecule has 55 valence electrons. The van der Waals surface area contributed by atoms with Crippen LogP contribution in [-0.2, 0) is 26.7 Å². The van der Waals surface area contributed by atoms with Gasteiger partial charge in [-0.25, -0.2) is 0 Å². The van der Waals surface area contributed by atoms with Gasteiger partial charge in [0.15, 0.2) is 0 Å². The van der Waals surface area contributed by atoms with Crippen molar-refractivity contribution in [1.29, 1.82) is 0 Å². The average molecular weight is 181 g/mol. The van der Waals surface area contributed by atoms with Crippen LogP contribution in [0.5, 0.6) is 0 Å². The van der Waals surface area contributed by atoms with Crippen LogP contribution in [0.2, 0.25) is 0 Å². The molecule has 0 aliphatic heterocycles. The van der Waals surface area contributed by atoms with Gasteiger partial charge in [0.2, 0.25) is 0 Å². The number of hydrogen-bond donors (Lipinski definition) is 0. The average Bonchev–Trinajstić information content (AvgIpc) is 1.25. The fourth-order valence-corrected chi connectivity index (χ4v) is 0. The molecule has 0 atom stereocenters. The third-order valence-electron chi connectivity index (χ3n) is 0. The molecule has 0 N–H and O–H groups in total. The maximum Gasteiger partial charge on any atom is 2.00 e. The maximum absolute atomic E-state index is 8.89. The van der Waals surface area contributed by atoms with Crippen molar-refractivity contribution in [2.75, 3.05) is 0 Å². The van der Waals surface area contributed by atoms with Gasteiger partial charge in [0.1, 0.15) is 0 Å². The van der Waals surface area contributed by atoms with Crippen molar-refractivity contribution in [2.24, 2.45) is 0 Å². The minimum atomic E-state index is -1.08. The Morgan fingerprint density at radius 1 is 1.00 bits per heavy atom. The first-order valence-electron chi connectivity index (χ1n) is 1.82. The Bertz CT molecular complexity index is 75.3. The van der Waals surface area contributed by atoms with Crippen LogP contribution < -0.4 is 10.2 Å². The molecule has 0 saturated heterocycles. The minimum Gasteiger partial charge on any atom is 2.00 e. The normalized spacial score (nSPS) is 5.00. The summed E-state index contributed by atoms with van der Waals surface area (Å²) in [4.78, 5) is 17.8. The summed E-state index contributed by atoms with van der Waals surface area (Å²) in [7, 11) is 0. The van der Waals surface area contributed by atoms with Gasteiger partial charge in [-0.3, -0.25) is 0 Å². The second-order valence-electron chi connectivity index (χ2n) is 0.983. The van der Waals surface area contributed by atoms with E-state index in [9.17, 15) is 0 Å². The fraction of sp³-hybridized carbons (Fsp3) is 0.500. The summed E-state index contributed by atoms with van der Waals surface area (Å²) in [6.07, 6.45) is 0. The Kier molecular flexibility index (Phi) is 36.0. The summed E-state index contributed by atoms with van der Waals surface area (Å²) in [5.41, 5.74) is 0. The molecular formula is C4H7LiMnO4. The molecule has 6 heteroatoms. The number of hydrogen-bond acceptors (Lipinski definition) is 4. The summed E-state index contributed by atoms with van der Waals surface area (Å²) in [6, 6.07) is 0. The second kappa shape index (κ2) is 16.0. The number of rotatable bonds is 0. The zero-order chi connectivity index (χ0) is 7.15. The second-order valence-corrected chi connectivity index (χ2v) is 0.983. The molecule has 0 fully saturated rings. The number of carbonyl (C=O) groups excluding carboxylic acids is 2. The predicted molar refractivity (Wildman–Crippen MR) is 28.5 cm³/mol. The molecule has 0 aromatic rings. The van der Waals surface area contributed by atoms with Gasteiger partial charge in [-0.2, -0.15) is 0 Å². The molecule has 0 aliphatic rings. The van der Waals surface area contributed by atoms with Gasteiger partial charge in [0, 0.05) is 11.9 Å². The first kappa shape index (κ1) is 22.5. The molecule has 0 saturated carbocycles. The van der Waals surface area contributed by atoms with Crippen LogP contribution in [0.3, 0.4) is 0 Å². The third-order valence-corrected chi connectivity index (χ3v) is 0. The molecule has 1 radical (unpaired) electrons. The molecule has 0 bridgehead atoms. The van der Waals surface area contributed by atoms with Gasteiger partial charge in [0.05, 0.1) is 0 Å². The molecule has 0 heterocycles. The van der Waals surface area contributed by atoms with Gasteiger partial charge in [-0.1, -0.05) is 0 Å². The van der Waals surface area contributed by atoms with E-state index in [1.807, 2.05) is 0 Å². The first-order valence-corrected chi connectivity index (χ1v) is 1.82. The van der Waals surface area contributed by atoms with Crippen LogP contribution in [0.1, 0.15) is 13.8 Å². The van der Waals surface area contributed by atoms with E-state index in [0.717, 1.165) is 13.8 Å². The number of aliphatic carboxylic acids is 2. The van der Waals surface area contributed by atoms with E-state index >= 15 is 0 Å². The summed E-state index contributed by atoms with van der Waals surface area (Å²) >= 11 is 0. The monoisotopic (exact) mass is 181 g/mol. The van der Waals surface area contributed by atoms with Gasteiger partial charge < -0.3 is 19.8 Å². The van der Waals surface area contributed by atoms with Crippen molar-refractivity contribution in [3.63, 3.8) is 0 Å². The van der Waals surface area contributed by atoms with Crippen molar-refractivity contribution in [1.82, 2.24) is 0 Å². The molecule has 0 rings (SSSR count). The van der Waals surface area contributed by atoms with E-state index in [2.05, 4.69) is 0 Å². The van der Waals surface area contributed by atoms with Crippen molar-refractivity contribution in [2.45, 2.75) is 13.8 Å². The van der Waals surface area contributed by atoms with Crippen molar-refractivity contribution in [3.05, 3.63) is 0 Å². The minimum absolute atomic E-state index is 0. The van der Waals surface area contributed by atoms with Crippen molar-refractivity contribution < 1.29 is 36.9 Å². The SMILES string of the molecule is CC(=O)[O-].CC(=O)[O-].[LiH].[Mn+2]. The zero-order valence-corrected chi connectivity index (χ0v) is 6.19. The molecular weight excluding hydrogens is 174 g/mol. The smallest absolute Gasteiger partial charge is 2.00 e. The first-order chi connectivity index (χ1) is 3.46. The van der Waals surface area contributed by atoms with Crippen LogP contribution in [0.25, 0.3) is 0 Å². The number of carboxylic acids is 2. The Morgan fingerprint density at radius 2 is 1.00 bits per heavy atom. The van der Waals surface area contributed by atoms with Crippen LogP contribution >= 0.6 is 0 Å². The van der Waals surface area contributed by atoms with Crippen LogP contribution in [0.15, 0.2) is 0 Å². The summed E-state index contributed by atoms with van der Waals surface area (Å²) in [5.74, 6) is -2.17. The number of carboxylic acid groups (broad SMARTS) is 2. The maximum atomic E-state index is 8.89. The van der Waals surface area contributed by atoms with Gasteiger partial charge in [-0.15, -0.1) is 0 Å².